The Morgan fingerprint density at radius 1 is 1.10 bits per heavy atom. The number of aromatic nitrogens is 8. The molecule has 0 saturated carbocycles. The molecule has 0 aliphatic rings. The molecule has 8 heteroatoms. The van der Waals surface area contributed by atoms with E-state index < -0.39 is 0 Å². The summed E-state index contributed by atoms with van der Waals surface area (Å²) in [6.45, 7) is 7.44. The van der Waals surface area contributed by atoms with E-state index in [0.717, 1.165) is 54.3 Å². The van der Waals surface area contributed by atoms with Crippen LogP contribution in [0.15, 0.2) is 42.6 Å². The van der Waals surface area contributed by atoms with E-state index in [1.165, 1.54) is 5.56 Å². The summed E-state index contributed by atoms with van der Waals surface area (Å²) in [6, 6.07) is 12.3. The van der Waals surface area contributed by atoms with Crippen molar-refractivity contribution in [3.8, 4) is 22.6 Å². The van der Waals surface area contributed by atoms with Crippen molar-refractivity contribution in [3.05, 3.63) is 59.8 Å². The van der Waals surface area contributed by atoms with Crippen molar-refractivity contribution in [2.75, 3.05) is 0 Å². The van der Waals surface area contributed by atoms with Crippen LogP contribution in [-0.2, 0) is 19.4 Å². The summed E-state index contributed by atoms with van der Waals surface area (Å²) in [7, 11) is 0. The van der Waals surface area contributed by atoms with E-state index in [-0.39, 0.29) is 0 Å². The minimum atomic E-state index is 0.543. The Kier molecular flexibility index (Phi) is 5.92. The highest BCUT2D eigenvalue weighted by Crippen LogP contribution is 2.27. The van der Waals surface area contributed by atoms with E-state index in [2.05, 4.69) is 75.3 Å². The maximum atomic E-state index is 4.81. The highest BCUT2D eigenvalue weighted by molar-refractivity contribution is 5.76. The highest BCUT2D eigenvalue weighted by atomic mass is 15.5. The Morgan fingerprint density at radius 3 is 2.63 bits per heavy atom. The van der Waals surface area contributed by atoms with Crippen LogP contribution in [-0.4, -0.2) is 40.4 Å². The molecular weight excluding hydrogens is 376 g/mol. The number of aryl methyl sites for hydroxylation is 1. The van der Waals surface area contributed by atoms with Gasteiger partial charge >= 0.3 is 0 Å². The van der Waals surface area contributed by atoms with Crippen LogP contribution < -0.4 is 0 Å². The zero-order chi connectivity index (χ0) is 20.9. The maximum absolute atomic E-state index is 4.81. The van der Waals surface area contributed by atoms with E-state index in [1.54, 1.807) is 6.20 Å². The molecule has 154 valence electrons. The van der Waals surface area contributed by atoms with Gasteiger partial charge in [-0.1, -0.05) is 45.0 Å². The molecule has 1 N–H and O–H groups in total. The molecule has 0 aliphatic carbocycles. The zero-order valence-corrected chi connectivity index (χ0v) is 17.6. The van der Waals surface area contributed by atoms with Crippen LogP contribution in [0.1, 0.15) is 44.4 Å². The second-order valence-corrected chi connectivity index (χ2v) is 7.79. The Bertz CT molecular complexity index is 1080. The zero-order valence-electron chi connectivity index (χ0n) is 17.6. The van der Waals surface area contributed by atoms with Crippen LogP contribution in [0.3, 0.4) is 0 Å². The first-order valence-corrected chi connectivity index (χ1v) is 10.3. The minimum Gasteiger partial charge on any atom is -0.255 e. The van der Waals surface area contributed by atoms with Crippen molar-refractivity contribution in [2.24, 2.45) is 5.92 Å². The number of rotatable bonds is 8. The van der Waals surface area contributed by atoms with Crippen molar-refractivity contribution < 1.29 is 0 Å². The lowest BCUT2D eigenvalue weighted by Gasteiger charge is -2.08. The fourth-order valence-corrected chi connectivity index (χ4v) is 3.46. The van der Waals surface area contributed by atoms with Crippen molar-refractivity contribution in [2.45, 2.75) is 46.6 Å². The average Bonchev–Trinajstić information content (AvgIpc) is 3.39. The van der Waals surface area contributed by atoms with E-state index in [1.807, 2.05) is 12.1 Å². The summed E-state index contributed by atoms with van der Waals surface area (Å²) in [5.74, 6) is 3.10. The molecule has 0 radical (unpaired) electrons. The van der Waals surface area contributed by atoms with Crippen LogP contribution in [0.25, 0.3) is 22.6 Å². The lowest BCUT2D eigenvalue weighted by molar-refractivity contribution is 0.559. The van der Waals surface area contributed by atoms with Crippen LogP contribution in [0.4, 0.5) is 0 Å². The molecule has 3 heterocycles. The SMILES string of the molecule is CCCn1nc(CC(C)C)nc1Cc1ccc(-c2ncccc2-c2nnn[nH]2)cc1. The number of H-pyrrole nitrogens is 1. The summed E-state index contributed by atoms with van der Waals surface area (Å²) in [5, 5.41) is 18.9. The van der Waals surface area contributed by atoms with Crippen molar-refractivity contribution >= 4 is 0 Å². The molecule has 3 aromatic heterocycles. The van der Waals surface area contributed by atoms with Gasteiger partial charge in [0.05, 0.1) is 5.69 Å². The first kappa shape index (κ1) is 19.9. The van der Waals surface area contributed by atoms with E-state index >= 15 is 0 Å². The normalized spacial score (nSPS) is 11.3. The van der Waals surface area contributed by atoms with Gasteiger partial charge in [0.25, 0.3) is 0 Å². The molecule has 0 saturated heterocycles. The molecule has 0 atom stereocenters. The number of tetrazole rings is 1. The molecule has 4 rings (SSSR count). The maximum Gasteiger partial charge on any atom is 0.181 e. The number of aromatic amines is 1. The van der Waals surface area contributed by atoms with Crippen molar-refractivity contribution in [3.63, 3.8) is 0 Å². The Morgan fingerprint density at radius 2 is 1.93 bits per heavy atom. The Labute approximate surface area is 175 Å². The Balaban J connectivity index is 1.58. The van der Waals surface area contributed by atoms with Crippen LogP contribution in [0, 0.1) is 5.92 Å². The van der Waals surface area contributed by atoms with Crippen molar-refractivity contribution in [1.29, 1.82) is 0 Å². The summed E-state index contributed by atoms with van der Waals surface area (Å²) in [6.07, 6.45) is 4.48. The predicted molar refractivity (Wildman–Crippen MR) is 115 cm³/mol. The second-order valence-electron chi connectivity index (χ2n) is 7.79. The smallest absolute Gasteiger partial charge is 0.181 e. The molecule has 8 nitrogen and oxygen atoms in total. The monoisotopic (exact) mass is 402 g/mol. The molecule has 1 aromatic carbocycles. The first-order valence-electron chi connectivity index (χ1n) is 10.3. The van der Waals surface area contributed by atoms with E-state index in [4.69, 9.17) is 10.1 Å². The third kappa shape index (κ3) is 4.42. The Hall–Kier alpha value is -3.42. The summed E-state index contributed by atoms with van der Waals surface area (Å²) < 4.78 is 2.05. The third-order valence-electron chi connectivity index (χ3n) is 4.82. The van der Waals surface area contributed by atoms with Crippen LogP contribution in [0.2, 0.25) is 0 Å². The largest absolute Gasteiger partial charge is 0.255 e. The summed E-state index contributed by atoms with van der Waals surface area (Å²) in [5.41, 5.74) is 3.92. The van der Waals surface area contributed by atoms with Crippen molar-refractivity contribution in [1.82, 2.24) is 40.4 Å². The van der Waals surface area contributed by atoms with Gasteiger partial charge in [0.2, 0.25) is 0 Å². The standard InChI is InChI=1S/C22H26N8/c1-4-12-30-20(24-19(27-30)13-15(2)3)14-16-7-9-17(10-8-16)21-18(6-5-11-23-21)22-25-28-29-26-22/h5-11,15H,4,12-14H2,1-3H3,(H,25,26,28,29). The van der Waals surface area contributed by atoms with Gasteiger partial charge in [0.15, 0.2) is 11.6 Å². The summed E-state index contributed by atoms with van der Waals surface area (Å²) >= 11 is 0. The van der Waals surface area contributed by atoms with Gasteiger partial charge in [-0.25, -0.2) is 14.8 Å². The molecule has 0 fully saturated rings. The molecule has 0 unspecified atom stereocenters. The van der Waals surface area contributed by atoms with Crippen LogP contribution >= 0.6 is 0 Å². The fraction of sp³-hybridized carbons (Fsp3) is 0.364. The lowest BCUT2D eigenvalue weighted by atomic mass is 10.0. The second kappa shape index (κ2) is 8.94. The molecule has 30 heavy (non-hydrogen) atoms. The average molecular weight is 403 g/mol. The molecular formula is C22H26N8. The molecule has 0 amide bonds. The number of pyridine rings is 1. The number of hydrogen-bond donors (Lipinski definition) is 1. The minimum absolute atomic E-state index is 0.543. The molecule has 4 aromatic rings. The van der Waals surface area contributed by atoms with Gasteiger partial charge in [-0.05, 0) is 40.5 Å². The van der Waals surface area contributed by atoms with Gasteiger partial charge in [0, 0.05) is 36.7 Å². The fourth-order valence-electron chi connectivity index (χ4n) is 3.46. The quantitative estimate of drug-likeness (QED) is 0.482. The third-order valence-corrected chi connectivity index (χ3v) is 4.82. The molecule has 0 bridgehead atoms. The highest BCUT2D eigenvalue weighted by Gasteiger charge is 2.14. The van der Waals surface area contributed by atoms with Gasteiger partial charge in [0.1, 0.15) is 5.82 Å². The topological polar surface area (TPSA) is 98.1 Å². The summed E-state index contributed by atoms with van der Waals surface area (Å²) in [4.78, 5) is 9.35. The van der Waals surface area contributed by atoms with Gasteiger partial charge in [-0.2, -0.15) is 5.10 Å². The molecule has 0 aliphatic heterocycles. The number of nitrogens with zero attached hydrogens (tertiary/aromatic N) is 7. The van der Waals surface area contributed by atoms with Crippen LogP contribution in [0.5, 0.6) is 0 Å². The van der Waals surface area contributed by atoms with E-state index in [0.29, 0.717) is 11.7 Å². The van der Waals surface area contributed by atoms with Gasteiger partial charge in [-0.3, -0.25) is 4.98 Å². The first-order chi connectivity index (χ1) is 14.6. The van der Waals surface area contributed by atoms with Gasteiger partial charge in [-0.15, -0.1) is 5.10 Å². The van der Waals surface area contributed by atoms with E-state index in [9.17, 15) is 0 Å². The molecule has 0 spiro atoms. The number of hydrogen-bond acceptors (Lipinski definition) is 6. The number of nitrogens with one attached hydrogen (secondary N) is 1. The van der Waals surface area contributed by atoms with Gasteiger partial charge < -0.3 is 0 Å². The lowest BCUT2D eigenvalue weighted by Crippen LogP contribution is -2.06. The predicted octanol–water partition coefficient (Wildman–Crippen LogP) is 3.72. The number of benzene rings is 1.